The Labute approximate surface area is 132 Å². The zero-order chi connectivity index (χ0) is 15.5. The minimum atomic E-state index is -0.684. The van der Waals surface area contributed by atoms with Gasteiger partial charge in [0.25, 0.3) is 0 Å². The summed E-state index contributed by atoms with van der Waals surface area (Å²) >= 11 is 5.80. The molecular weight excluding hydrogens is 286 g/mol. The maximum Gasteiger partial charge on any atom is 0.220 e. The fourth-order valence-corrected chi connectivity index (χ4v) is 2.29. The number of unbranched alkanes of at least 4 members (excludes halogenated alkanes) is 5. The number of halogens is 1. The number of nitrogens with one attached hydrogen (secondary N) is 1. The van der Waals surface area contributed by atoms with Gasteiger partial charge in [-0.25, -0.2) is 0 Å². The standard InChI is InChI=1S/C17H26ClNO2/c1-2-3-4-5-6-7-8-17(21)19-13-16(20)14-9-11-15(18)12-10-14/h9-12,16,20H,2-8,13H2,1H3,(H,19,21). The maximum absolute atomic E-state index is 11.7. The largest absolute Gasteiger partial charge is 0.387 e. The fourth-order valence-electron chi connectivity index (χ4n) is 2.17. The van der Waals surface area contributed by atoms with Crippen LogP contribution in [0.15, 0.2) is 24.3 Å². The van der Waals surface area contributed by atoms with Gasteiger partial charge < -0.3 is 10.4 Å². The van der Waals surface area contributed by atoms with Crippen molar-refractivity contribution in [1.82, 2.24) is 5.32 Å². The smallest absolute Gasteiger partial charge is 0.220 e. The predicted octanol–water partition coefficient (Wildman–Crippen LogP) is 4.24. The molecule has 0 heterocycles. The van der Waals surface area contributed by atoms with Gasteiger partial charge in [0, 0.05) is 18.0 Å². The number of aliphatic hydroxyl groups is 1. The minimum absolute atomic E-state index is 0.0125. The second kappa shape index (κ2) is 10.6. The van der Waals surface area contributed by atoms with Crippen molar-refractivity contribution in [2.75, 3.05) is 6.54 Å². The molecule has 0 radical (unpaired) electrons. The van der Waals surface area contributed by atoms with E-state index in [2.05, 4.69) is 12.2 Å². The van der Waals surface area contributed by atoms with E-state index < -0.39 is 6.10 Å². The average Bonchev–Trinajstić information content (AvgIpc) is 2.49. The first kappa shape index (κ1) is 18.0. The predicted molar refractivity (Wildman–Crippen MR) is 87.4 cm³/mol. The molecule has 0 saturated heterocycles. The molecule has 1 aromatic carbocycles. The van der Waals surface area contributed by atoms with Gasteiger partial charge in [-0.15, -0.1) is 0 Å². The molecule has 1 amide bonds. The van der Waals surface area contributed by atoms with E-state index in [-0.39, 0.29) is 12.5 Å². The lowest BCUT2D eigenvalue weighted by molar-refractivity contribution is -0.121. The first-order valence-electron chi connectivity index (χ1n) is 7.83. The lowest BCUT2D eigenvalue weighted by Crippen LogP contribution is -2.28. The summed E-state index contributed by atoms with van der Waals surface area (Å²) in [5.41, 5.74) is 0.763. The first-order chi connectivity index (χ1) is 10.1. The summed E-state index contributed by atoms with van der Waals surface area (Å²) in [6.45, 7) is 2.44. The molecule has 0 aliphatic rings. The lowest BCUT2D eigenvalue weighted by Gasteiger charge is -2.12. The van der Waals surface area contributed by atoms with Crippen LogP contribution in [0.25, 0.3) is 0 Å². The topological polar surface area (TPSA) is 49.3 Å². The molecular formula is C17H26ClNO2. The van der Waals surface area contributed by atoms with Crippen LogP contribution in [0.5, 0.6) is 0 Å². The quantitative estimate of drug-likeness (QED) is 0.635. The highest BCUT2D eigenvalue weighted by Crippen LogP contribution is 2.15. The molecule has 21 heavy (non-hydrogen) atoms. The first-order valence-corrected chi connectivity index (χ1v) is 8.21. The Bertz CT molecular complexity index is 406. The van der Waals surface area contributed by atoms with Crippen LogP contribution in [-0.2, 0) is 4.79 Å². The zero-order valence-corrected chi connectivity index (χ0v) is 13.5. The summed E-state index contributed by atoms with van der Waals surface area (Å²) in [5.74, 6) is 0.0125. The van der Waals surface area contributed by atoms with E-state index in [0.717, 1.165) is 18.4 Å². The van der Waals surface area contributed by atoms with Crippen molar-refractivity contribution < 1.29 is 9.90 Å². The van der Waals surface area contributed by atoms with Gasteiger partial charge in [0.05, 0.1) is 6.10 Å². The molecule has 3 nitrogen and oxygen atoms in total. The number of aliphatic hydroxyl groups excluding tert-OH is 1. The molecule has 0 spiro atoms. The normalized spacial score (nSPS) is 12.1. The molecule has 1 rings (SSSR count). The molecule has 1 atom stereocenters. The third-order valence-corrected chi connectivity index (χ3v) is 3.76. The SMILES string of the molecule is CCCCCCCCC(=O)NCC(O)c1ccc(Cl)cc1. The van der Waals surface area contributed by atoms with Crippen molar-refractivity contribution in [3.63, 3.8) is 0 Å². The zero-order valence-electron chi connectivity index (χ0n) is 12.8. The van der Waals surface area contributed by atoms with Gasteiger partial charge in [-0.2, -0.15) is 0 Å². The number of amides is 1. The Hall–Kier alpha value is -1.06. The van der Waals surface area contributed by atoms with Crippen molar-refractivity contribution in [3.05, 3.63) is 34.9 Å². The van der Waals surface area contributed by atoms with Crippen LogP contribution >= 0.6 is 11.6 Å². The van der Waals surface area contributed by atoms with Gasteiger partial charge in [0.1, 0.15) is 0 Å². The second-order valence-electron chi connectivity index (χ2n) is 5.39. The van der Waals surface area contributed by atoms with Gasteiger partial charge in [0.2, 0.25) is 5.91 Å². The van der Waals surface area contributed by atoms with Crippen LogP contribution in [0.4, 0.5) is 0 Å². The van der Waals surface area contributed by atoms with E-state index in [0.29, 0.717) is 11.4 Å². The summed E-state index contributed by atoms with van der Waals surface area (Å²) in [4.78, 5) is 11.7. The van der Waals surface area contributed by atoms with Crippen molar-refractivity contribution in [2.24, 2.45) is 0 Å². The van der Waals surface area contributed by atoms with Crippen LogP contribution < -0.4 is 5.32 Å². The maximum atomic E-state index is 11.7. The molecule has 1 unspecified atom stereocenters. The van der Waals surface area contributed by atoms with E-state index in [9.17, 15) is 9.90 Å². The van der Waals surface area contributed by atoms with Gasteiger partial charge in [-0.3, -0.25) is 4.79 Å². The average molecular weight is 312 g/mol. The van der Waals surface area contributed by atoms with E-state index >= 15 is 0 Å². The molecule has 0 bridgehead atoms. The molecule has 0 aromatic heterocycles. The Morgan fingerprint density at radius 1 is 1.14 bits per heavy atom. The van der Waals surface area contributed by atoms with Crippen LogP contribution in [0.1, 0.15) is 63.5 Å². The Morgan fingerprint density at radius 3 is 2.43 bits per heavy atom. The van der Waals surface area contributed by atoms with Gasteiger partial charge in [-0.05, 0) is 24.1 Å². The summed E-state index contributed by atoms with van der Waals surface area (Å²) in [7, 11) is 0. The Balaban J connectivity index is 2.13. The monoisotopic (exact) mass is 311 g/mol. The third kappa shape index (κ3) is 8.08. The van der Waals surface area contributed by atoms with Crippen LogP contribution in [0, 0.1) is 0 Å². The lowest BCUT2D eigenvalue weighted by atomic mass is 10.1. The van der Waals surface area contributed by atoms with Gasteiger partial charge in [0.15, 0.2) is 0 Å². The number of benzene rings is 1. The van der Waals surface area contributed by atoms with Crippen LogP contribution in [0.3, 0.4) is 0 Å². The van der Waals surface area contributed by atoms with E-state index in [1.807, 2.05) is 0 Å². The highest BCUT2D eigenvalue weighted by Gasteiger charge is 2.09. The van der Waals surface area contributed by atoms with Crippen molar-refractivity contribution >= 4 is 17.5 Å². The molecule has 2 N–H and O–H groups in total. The van der Waals surface area contributed by atoms with Crippen molar-refractivity contribution in [3.8, 4) is 0 Å². The third-order valence-electron chi connectivity index (χ3n) is 3.50. The van der Waals surface area contributed by atoms with Gasteiger partial charge in [-0.1, -0.05) is 62.8 Å². The van der Waals surface area contributed by atoms with Gasteiger partial charge >= 0.3 is 0 Å². The Morgan fingerprint density at radius 2 is 1.76 bits per heavy atom. The fraction of sp³-hybridized carbons (Fsp3) is 0.588. The number of hydrogen-bond acceptors (Lipinski definition) is 2. The molecule has 0 fully saturated rings. The summed E-state index contributed by atoms with van der Waals surface area (Å²) in [6, 6.07) is 7.01. The van der Waals surface area contributed by atoms with Crippen molar-refractivity contribution in [1.29, 1.82) is 0 Å². The van der Waals surface area contributed by atoms with E-state index in [1.54, 1.807) is 24.3 Å². The van der Waals surface area contributed by atoms with E-state index in [1.165, 1.54) is 25.7 Å². The number of carbonyl (C=O) groups excluding carboxylic acids is 1. The highest BCUT2D eigenvalue weighted by molar-refractivity contribution is 6.30. The molecule has 0 saturated carbocycles. The molecule has 0 aliphatic heterocycles. The number of hydrogen-bond donors (Lipinski definition) is 2. The molecule has 1 aromatic rings. The molecule has 4 heteroatoms. The number of rotatable bonds is 10. The van der Waals surface area contributed by atoms with Crippen molar-refractivity contribution in [2.45, 2.75) is 58.0 Å². The summed E-state index contributed by atoms with van der Waals surface area (Å²) in [6.07, 6.45) is 6.86. The summed E-state index contributed by atoms with van der Waals surface area (Å²) < 4.78 is 0. The number of carbonyl (C=O) groups is 1. The van der Waals surface area contributed by atoms with E-state index in [4.69, 9.17) is 11.6 Å². The Kier molecular flexibility index (Phi) is 9.11. The second-order valence-corrected chi connectivity index (χ2v) is 5.83. The summed E-state index contributed by atoms with van der Waals surface area (Å²) in [5, 5.41) is 13.4. The van der Waals surface area contributed by atoms with Crippen LogP contribution in [0.2, 0.25) is 5.02 Å². The highest BCUT2D eigenvalue weighted by atomic mass is 35.5. The van der Waals surface area contributed by atoms with Crippen LogP contribution in [-0.4, -0.2) is 17.6 Å². The molecule has 118 valence electrons. The molecule has 0 aliphatic carbocycles. The minimum Gasteiger partial charge on any atom is -0.387 e.